The number of esters is 1. The summed E-state index contributed by atoms with van der Waals surface area (Å²) in [6.07, 6.45) is -15.8. The van der Waals surface area contributed by atoms with Crippen molar-refractivity contribution in [3.05, 3.63) is 35.9 Å². The minimum atomic E-state index is -5.08. The number of carbonyl (C=O) groups is 14. The number of nitrogens with two attached hydrogens (primary N) is 3. The SMILES string of the molecule is CC[C@H](C)C1NC(=O)[C@@H](CCCN=C(N)N)NC(=O)[C@H](CC(C)C)NC(=O)[C@H]([C@H](O)C(C)C)NC(=O)[C@@H](NC(=O)[C@H](CC(C)C)NC(=O)[C@@H](NC(=O)OC(C)(C)C)[C@@H](C)OC)[C@@H](c2ccccc2)OC(=O)[C@H](CO)NC(=O)[C@H]([C@H](O)C(N)=O)NC(=O)CNC(=O)C([C@H](C)O)NC1=O.O=C(O)C(F)(F)F. The van der Waals surface area contributed by atoms with Crippen LogP contribution in [0.15, 0.2) is 35.3 Å². The molecular weight excluding hydrogens is 1390 g/mol. The van der Waals surface area contributed by atoms with Crippen LogP contribution >= 0.6 is 0 Å². The van der Waals surface area contributed by atoms with Gasteiger partial charge in [0.15, 0.2) is 24.2 Å². The highest BCUT2D eigenvalue weighted by molar-refractivity contribution is 6.00. The molecule has 16 atom stereocenters. The molecule has 1 heterocycles. The van der Waals surface area contributed by atoms with E-state index in [2.05, 4.69) is 52.8 Å². The number of halogens is 3. The fraction of sp³-hybridized carbons (Fsp3) is 0.672. The number of ether oxygens (including phenoxy) is 3. The molecule has 1 aromatic rings. The van der Waals surface area contributed by atoms with Gasteiger partial charge in [-0.05, 0) is 89.5 Å². The number of benzene rings is 1. The lowest BCUT2D eigenvalue weighted by Crippen LogP contribution is -2.64. The molecule has 0 saturated carbocycles. The number of carboxylic acid groups (broad SMARTS) is 1. The predicted molar refractivity (Wildman–Crippen MR) is 362 cm³/mol. The first-order valence-corrected chi connectivity index (χ1v) is 33.2. The number of aliphatic imine (C=N–C) groups is 1. The second kappa shape index (κ2) is 43.5. The summed E-state index contributed by atoms with van der Waals surface area (Å²) >= 11 is 0. The number of guanidine groups is 1. The van der Waals surface area contributed by atoms with Gasteiger partial charge in [-0.25, -0.2) is 14.4 Å². The van der Waals surface area contributed by atoms with Crippen molar-refractivity contribution in [1.29, 1.82) is 0 Å². The lowest BCUT2D eigenvalue weighted by Gasteiger charge is -2.34. The Morgan fingerprint density at radius 1 is 0.683 bits per heavy atom. The van der Waals surface area contributed by atoms with Gasteiger partial charge in [0.05, 0.1) is 31.5 Å². The molecule has 0 aliphatic carbocycles. The number of rotatable bonds is 24. The maximum absolute atomic E-state index is 15.5. The quantitative estimate of drug-likeness (QED) is 0.0202. The van der Waals surface area contributed by atoms with E-state index < -0.39 is 223 Å². The fourth-order valence-corrected chi connectivity index (χ4v) is 9.58. The van der Waals surface area contributed by atoms with Crippen LogP contribution in [-0.2, 0) is 76.5 Å². The molecule has 0 bridgehead atoms. The molecule has 2 unspecified atom stereocenters. The highest BCUT2D eigenvalue weighted by Gasteiger charge is 2.45. The number of hydrogen-bond acceptors (Lipinski definition) is 22. The number of aliphatic hydroxyl groups is 4. The summed E-state index contributed by atoms with van der Waals surface area (Å²) in [7, 11) is 1.25. The van der Waals surface area contributed by atoms with Gasteiger partial charge in [-0.15, -0.1) is 0 Å². The van der Waals surface area contributed by atoms with Gasteiger partial charge in [0.1, 0.15) is 60.0 Å². The highest BCUT2D eigenvalue weighted by atomic mass is 19.4. The maximum Gasteiger partial charge on any atom is 0.490 e. The van der Waals surface area contributed by atoms with Gasteiger partial charge < -0.3 is 115 Å². The minimum Gasteiger partial charge on any atom is -0.475 e. The topological polar surface area (TPSA) is 591 Å². The summed E-state index contributed by atoms with van der Waals surface area (Å²) < 4.78 is 48.5. The van der Waals surface area contributed by atoms with E-state index in [4.69, 9.17) is 41.3 Å². The number of amides is 12. The van der Waals surface area contributed by atoms with Crippen molar-refractivity contribution in [2.45, 2.75) is 225 Å². The molecule has 12 amide bonds. The number of aliphatic carboxylic acids is 1. The second-order valence-electron chi connectivity index (χ2n) is 26.7. The number of hydrogen-bond donors (Lipinski definition) is 19. The van der Waals surface area contributed by atoms with Crippen molar-refractivity contribution in [2.75, 3.05) is 26.8 Å². The van der Waals surface area contributed by atoms with Crippen molar-refractivity contribution in [3.63, 3.8) is 0 Å². The zero-order chi connectivity index (χ0) is 80.0. The number of alkyl carbamates (subject to hydrolysis) is 1. The number of aliphatic hydroxyl groups excluding tert-OH is 4. The van der Waals surface area contributed by atoms with Crippen LogP contribution in [0.5, 0.6) is 0 Å². The van der Waals surface area contributed by atoms with E-state index in [0.717, 1.165) is 6.92 Å². The number of carboxylic acids is 1. The van der Waals surface area contributed by atoms with Gasteiger partial charge in [0, 0.05) is 13.7 Å². The number of nitrogens with zero attached hydrogens (tertiary/aromatic N) is 1. The predicted octanol–water partition coefficient (Wildman–Crippen LogP) is -4.25. The first-order chi connectivity index (χ1) is 48.1. The Bertz CT molecular complexity index is 3120. The van der Waals surface area contributed by atoms with E-state index in [1.807, 2.05) is 10.6 Å². The first-order valence-electron chi connectivity index (χ1n) is 33.2. The molecule has 1 aliphatic rings. The smallest absolute Gasteiger partial charge is 0.475 e. The van der Waals surface area contributed by atoms with Crippen LogP contribution in [0.1, 0.15) is 134 Å². The van der Waals surface area contributed by atoms with E-state index in [9.17, 15) is 86.3 Å². The maximum atomic E-state index is 15.5. The summed E-state index contributed by atoms with van der Waals surface area (Å²) in [5.41, 5.74) is 15.3. The third-order valence-corrected chi connectivity index (χ3v) is 15.4. The molecule has 40 heteroatoms. The van der Waals surface area contributed by atoms with E-state index in [1.165, 1.54) is 58.2 Å². The van der Waals surface area contributed by atoms with Crippen LogP contribution in [-0.4, -0.2) is 238 Å². The van der Waals surface area contributed by atoms with Crippen molar-refractivity contribution in [2.24, 2.45) is 45.9 Å². The first kappa shape index (κ1) is 92.5. The van der Waals surface area contributed by atoms with Gasteiger partial charge in [-0.3, -0.25) is 57.7 Å². The highest BCUT2D eigenvalue weighted by Crippen LogP contribution is 2.25. The molecule has 37 nitrogen and oxygen atoms in total. The summed E-state index contributed by atoms with van der Waals surface area (Å²) in [4.78, 5) is 198. The van der Waals surface area contributed by atoms with Crippen molar-refractivity contribution in [1.82, 2.24) is 58.5 Å². The van der Waals surface area contributed by atoms with Gasteiger partial charge in [0.2, 0.25) is 65.0 Å². The third kappa shape index (κ3) is 32.0. The Kier molecular flexibility index (Phi) is 38.7. The molecule has 0 aromatic heterocycles. The van der Waals surface area contributed by atoms with Gasteiger partial charge in [0.25, 0.3) is 0 Å². The van der Waals surface area contributed by atoms with Gasteiger partial charge in [-0.2, -0.15) is 13.2 Å². The zero-order valence-corrected chi connectivity index (χ0v) is 60.5. The summed E-state index contributed by atoms with van der Waals surface area (Å²) in [6.45, 7) is 17.6. The number of methoxy groups -OCH3 is 1. The second-order valence-corrected chi connectivity index (χ2v) is 26.7. The van der Waals surface area contributed by atoms with E-state index >= 15 is 9.59 Å². The molecule has 0 spiro atoms. The van der Waals surface area contributed by atoms with Gasteiger partial charge >= 0.3 is 24.2 Å². The third-order valence-electron chi connectivity index (χ3n) is 15.4. The van der Waals surface area contributed by atoms with Crippen LogP contribution in [0.2, 0.25) is 0 Å². The molecule has 104 heavy (non-hydrogen) atoms. The van der Waals surface area contributed by atoms with E-state index in [1.54, 1.807) is 62.3 Å². The Balaban J connectivity index is 0.00000731. The largest absolute Gasteiger partial charge is 0.490 e. The Labute approximate surface area is 599 Å². The Hall–Kier alpha value is -9.54. The van der Waals surface area contributed by atoms with Gasteiger partial charge in [-0.1, -0.05) is 92.1 Å². The lowest BCUT2D eigenvalue weighted by molar-refractivity contribution is -0.192. The monoisotopic (exact) mass is 1490 g/mol. The molecule has 1 fully saturated rings. The number of primary amides is 1. The van der Waals surface area contributed by atoms with E-state index in [0.29, 0.717) is 0 Å². The molecule has 22 N–H and O–H groups in total. The Morgan fingerprint density at radius 3 is 1.70 bits per heavy atom. The van der Waals surface area contributed by atoms with Crippen LogP contribution in [0.4, 0.5) is 18.0 Å². The van der Waals surface area contributed by atoms with Crippen LogP contribution in [0, 0.1) is 23.7 Å². The average molecular weight is 1490 g/mol. The molecule has 1 saturated heterocycles. The van der Waals surface area contributed by atoms with Crippen LogP contribution in [0.25, 0.3) is 0 Å². The summed E-state index contributed by atoms with van der Waals surface area (Å²) in [5, 5.41) is 77.7. The molecule has 1 aliphatic heterocycles. The average Bonchev–Trinajstić information content (AvgIpc) is 0.812. The number of nitrogens with one attached hydrogen (secondary N) is 11. The molecule has 1 aromatic carbocycles. The number of carbonyl (C=O) groups excluding carboxylic acids is 13. The summed E-state index contributed by atoms with van der Waals surface area (Å²) in [6, 6.07) is -11.9. The van der Waals surface area contributed by atoms with Crippen molar-refractivity contribution < 1.29 is 120 Å². The minimum absolute atomic E-state index is 0.0260. The normalized spacial score (nSPS) is 23.3. The standard InChI is InChI=1S/C62H103N15O20.C2HF3O2/c1-15-31(8)40-54(88)74-41(32(9)79)53(87)67-26-39(80)72-44(47(82)49(63)83)57(91)71-38(27-78)59(93)96-48(34-20-17-16-18-21-34)45(76-52(86)37(25-29(4)5)69-55(89)42(33(10)95-14)77-61(94)97-62(11,12)13)58(92)75-43(46(81)30(6)7)56(90)70-36(24-28(2)3)51(85)68-35(50(84)73-40)22-19-23-66-60(64)65;3-2(4,5)1(6)7/h16-18,20-21,28-33,35-38,40-48,78-79,81-82H,15,19,22-27H2,1-14H3,(H2,63,83)(H,67,87)(H,68,85)(H,69,89)(H,70,90)(H,71,91)(H,72,80)(H,73,84)(H,74,88)(H,75,92)(H,76,86)(H,77,94)(H4,64,65,66);(H,6,7)/t31-,32-,33+,35+,36-,37-,38-,40?,41?,42-,43-,44-,45-,46+,47-,48+;/m0./s1. The number of alkyl halides is 3. The zero-order valence-electron chi connectivity index (χ0n) is 60.5. The molecule has 2 rings (SSSR count). The van der Waals surface area contributed by atoms with Crippen molar-refractivity contribution in [3.8, 4) is 0 Å². The molecule has 0 radical (unpaired) electrons. The fourth-order valence-electron chi connectivity index (χ4n) is 9.58. The van der Waals surface area contributed by atoms with E-state index in [-0.39, 0.29) is 50.2 Å². The lowest BCUT2D eigenvalue weighted by atomic mass is 9.95. The number of cyclic esters (lactones) is 1. The molecular formula is C64H104F3N15O22. The Morgan fingerprint density at radius 2 is 1.21 bits per heavy atom. The van der Waals surface area contributed by atoms with Crippen molar-refractivity contribution >= 4 is 89.0 Å². The molecule has 588 valence electrons. The van der Waals surface area contributed by atoms with Crippen LogP contribution in [0.3, 0.4) is 0 Å². The summed E-state index contributed by atoms with van der Waals surface area (Å²) in [5.74, 6) is -20.8. The van der Waals surface area contributed by atoms with Crippen LogP contribution < -0.4 is 75.7 Å².